The van der Waals surface area contributed by atoms with Gasteiger partial charge in [0.15, 0.2) is 5.96 Å². The van der Waals surface area contributed by atoms with Crippen molar-refractivity contribution in [2.45, 2.75) is 39.2 Å². The second kappa shape index (κ2) is 9.36. The fraction of sp³-hybridized carbons (Fsp3) is 0.550. The van der Waals surface area contributed by atoms with Crippen LogP contribution in [-0.2, 0) is 19.4 Å². The Kier molecular flexibility index (Phi) is 6.63. The van der Waals surface area contributed by atoms with E-state index in [4.69, 9.17) is 0 Å². The van der Waals surface area contributed by atoms with Gasteiger partial charge >= 0.3 is 0 Å². The molecular formula is C20H30N6. The van der Waals surface area contributed by atoms with Gasteiger partial charge in [-0.15, -0.1) is 10.2 Å². The van der Waals surface area contributed by atoms with Gasteiger partial charge in [-0.25, -0.2) is 0 Å². The Morgan fingerprint density at radius 1 is 1.23 bits per heavy atom. The van der Waals surface area contributed by atoms with Crippen LogP contribution < -0.4 is 5.32 Å². The number of guanidine groups is 1. The zero-order valence-corrected chi connectivity index (χ0v) is 15.9. The standard InChI is InChI=1S/C20H30N6/c1-3-19-24-23-16-26(19)14-11-22-20(21-2)25-12-9-18(10-13-25)15-17-7-5-4-6-8-17/h4-8,16,18H,3,9-15H2,1-2H3,(H,21,22). The summed E-state index contributed by atoms with van der Waals surface area (Å²) in [5.41, 5.74) is 1.45. The molecule has 2 aromatic rings. The van der Waals surface area contributed by atoms with Crippen LogP contribution >= 0.6 is 0 Å². The molecule has 0 amide bonds. The summed E-state index contributed by atoms with van der Waals surface area (Å²) < 4.78 is 2.10. The molecule has 1 N–H and O–H groups in total. The van der Waals surface area contributed by atoms with Crippen LogP contribution in [0.25, 0.3) is 0 Å². The minimum absolute atomic E-state index is 0.774. The smallest absolute Gasteiger partial charge is 0.193 e. The largest absolute Gasteiger partial charge is 0.354 e. The normalized spacial score (nSPS) is 16.1. The SMILES string of the molecule is CCc1nncn1CCNC(=NC)N1CCC(Cc2ccccc2)CC1. The predicted molar refractivity (Wildman–Crippen MR) is 105 cm³/mol. The van der Waals surface area contributed by atoms with Crippen molar-refractivity contribution in [3.8, 4) is 0 Å². The predicted octanol–water partition coefficient (Wildman–Crippen LogP) is 2.37. The molecule has 26 heavy (non-hydrogen) atoms. The van der Waals surface area contributed by atoms with Crippen LogP contribution in [0.3, 0.4) is 0 Å². The summed E-state index contributed by atoms with van der Waals surface area (Å²) in [6.07, 6.45) is 6.35. The van der Waals surface area contributed by atoms with Gasteiger partial charge in [0.25, 0.3) is 0 Å². The minimum atomic E-state index is 0.774. The highest BCUT2D eigenvalue weighted by atomic mass is 15.3. The number of nitrogens with one attached hydrogen (secondary N) is 1. The summed E-state index contributed by atoms with van der Waals surface area (Å²) in [6, 6.07) is 10.8. The molecule has 1 aliphatic rings. The Balaban J connectivity index is 1.43. The number of nitrogens with zero attached hydrogens (tertiary/aromatic N) is 5. The lowest BCUT2D eigenvalue weighted by Gasteiger charge is -2.34. The second-order valence-corrected chi connectivity index (χ2v) is 6.89. The third kappa shape index (κ3) is 4.84. The Morgan fingerprint density at radius 3 is 2.69 bits per heavy atom. The lowest BCUT2D eigenvalue weighted by atomic mass is 9.90. The summed E-state index contributed by atoms with van der Waals surface area (Å²) in [5.74, 6) is 2.81. The van der Waals surface area contributed by atoms with Gasteiger partial charge in [-0.05, 0) is 30.7 Å². The van der Waals surface area contributed by atoms with Crippen LogP contribution in [0.2, 0.25) is 0 Å². The highest BCUT2D eigenvalue weighted by Crippen LogP contribution is 2.21. The van der Waals surface area contributed by atoms with Gasteiger partial charge in [-0.1, -0.05) is 37.3 Å². The first kappa shape index (κ1) is 18.4. The minimum Gasteiger partial charge on any atom is -0.354 e. The van der Waals surface area contributed by atoms with E-state index in [0.717, 1.165) is 50.3 Å². The van der Waals surface area contributed by atoms with E-state index in [-0.39, 0.29) is 0 Å². The summed E-state index contributed by atoms with van der Waals surface area (Å²) in [4.78, 5) is 6.86. The molecule has 3 rings (SSSR count). The number of benzene rings is 1. The third-order valence-corrected chi connectivity index (χ3v) is 5.14. The molecule has 0 aliphatic carbocycles. The second-order valence-electron chi connectivity index (χ2n) is 6.89. The summed E-state index contributed by atoms with van der Waals surface area (Å²) in [7, 11) is 1.87. The van der Waals surface area contributed by atoms with Crippen molar-refractivity contribution >= 4 is 5.96 Å². The number of aliphatic imine (C=N–C) groups is 1. The molecule has 0 unspecified atom stereocenters. The molecule has 1 fully saturated rings. The van der Waals surface area contributed by atoms with Gasteiger partial charge < -0.3 is 14.8 Å². The Bertz CT molecular complexity index is 685. The van der Waals surface area contributed by atoms with Crippen molar-refractivity contribution in [2.75, 3.05) is 26.7 Å². The van der Waals surface area contributed by atoms with Gasteiger partial charge in [-0.3, -0.25) is 4.99 Å². The van der Waals surface area contributed by atoms with E-state index >= 15 is 0 Å². The lowest BCUT2D eigenvalue weighted by Crippen LogP contribution is -2.46. The van der Waals surface area contributed by atoms with E-state index < -0.39 is 0 Å². The fourth-order valence-electron chi connectivity index (χ4n) is 3.66. The highest BCUT2D eigenvalue weighted by Gasteiger charge is 2.21. The lowest BCUT2D eigenvalue weighted by molar-refractivity contribution is 0.259. The molecule has 6 heteroatoms. The Labute approximate surface area is 156 Å². The van der Waals surface area contributed by atoms with E-state index in [1.807, 2.05) is 7.05 Å². The molecule has 1 aliphatic heterocycles. The van der Waals surface area contributed by atoms with Gasteiger partial charge in [0.1, 0.15) is 12.2 Å². The van der Waals surface area contributed by atoms with Crippen molar-refractivity contribution < 1.29 is 0 Å². The molecular weight excluding hydrogens is 324 g/mol. The van der Waals surface area contributed by atoms with Crippen LogP contribution in [-0.4, -0.2) is 52.3 Å². The van der Waals surface area contributed by atoms with Crippen LogP contribution in [0.15, 0.2) is 41.7 Å². The number of likely N-dealkylation sites (tertiary alicyclic amines) is 1. The Morgan fingerprint density at radius 2 is 2.00 bits per heavy atom. The number of hydrogen-bond acceptors (Lipinski definition) is 3. The van der Waals surface area contributed by atoms with Crippen LogP contribution in [0.5, 0.6) is 0 Å². The number of aryl methyl sites for hydroxylation is 1. The molecule has 0 atom stereocenters. The van der Waals surface area contributed by atoms with Gasteiger partial charge in [-0.2, -0.15) is 0 Å². The topological polar surface area (TPSA) is 58.3 Å². The van der Waals surface area contributed by atoms with Crippen LogP contribution in [0.1, 0.15) is 31.2 Å². The van der Waals surface area contributed by atoms with Gasteiger partial charge in [0.05, 0.1) is 0 Å². The Hall–Kier alpha value is -2.37. The van der Waals surface area contributed by atoms with E-state index in [2.05, 4.69) is 67.2 Å². The van der Waals surface area contributed by atoms with Gasteiger partial charge in [0.2, 0.25) is 0 Å². The number of piperidine rings is 1. The van der Waals surface area contributed by atoms with Gasteiger partial charge in [0, 0.05) is 39.6 Å². The zero-order chi connectivity index (χ0) is 18.2. The first-order valence-corrected chi connectivity index (χ1v) is 9.66. The molecule has 140 valence electrons. The number of rotatable bonds is 6. The van der Waals surface area contributed by atoms with E-state index in [1.54, 1.807) is 6.33 Å². The van der Waals surface area contributed by atoms with Crippen LogP contribution in [0, 0.1) is 5.92 Å². The van der Waals surface area contributed by atoms with E-state index in [0.29, 0.717) is 0 Å². The molecule has 0 saturated carbocycles. The molecule has 0 bridgehead atoms. The molecule has 1 aromatic heterocycles. The quantitative estimate of drug-likeness (QED) is 0.639. The van der Waals surface area contributed by atoms with Crippen molar-refractivity contribution in [1.29, 1.82) is 0 Å². The monoisotopic (exact) mass is 354 g/mol. The fourth-order valence-corrected chi connectivity index (χ4v) is 3.66. The zero-order valence-electron chi connectivity index (χ0n) is 15.9. The van der Waals surface area contributed by atoms with Crippen molar-refractivity contribution in [3.63, 3.8) is 0 Å². The molecule has 1 aromatic carbocycles. The first-order chi connectivity index (χ1) is 12.8. The van der Waals surface area contributed by atoms with Crippen molar-refractivity contribution in [1.82, 2.24) is 25.0 Å². The maximum absolute atomic E-state index is 4.47. The molecule has 6 nitrogen and oxygen atoms in total. The number of hydrogen-bond donors (Lipinski definition) is 1. The van der Waals surface area contributed by atoms with E-state index in [9.17, 15) is 0 Å². The molecule has 1 saturated heterocycles. The van der Waals surface area contributed by atoms with E-state index in [1.165, 1.54) is 24.8 Å². The third-order valence-electron chi connectivity index (χ3n) is 5.14. The average Bonchev–Trinajstić information content (AvgIpc) is 3.14. The molecule has 2 heterocycles. The van der Waals surface area contributed by atoms with Crippen LogP contribution in [0.4, 0.5) is 0 Å². The van der Waals surface area contributed by atoms with Crippen molar-refractivity contribution in [3.05, 3.63) is 48.0 Å². The highest BCUT2D eigenvalue weighted by molar-refractivity contribution is 5.79. The first-order valence-electron chi connectivity index (χ1n) is 9.66. The van der Waals surface area contributed by atoms with Crippen molar-refractivity contribution in [2.24, 2.45) is 10.9 Å². The average molecular weight is 355 g/mol. The summed E-state index contributed by atoms with van der Waals surface area (Å²) in [6.45, 7) is 5.95. The summed E-state index contributed by atoms with van der Waals surface area (Å²) >= 11 is 0. The molecule has 0 spiro atoms. The maximum Gasteiger partial charge on any atom is 0.193 e. The maximum atomic E-state index is 4.47. The number of aromatic nitrogens is 3. The summed E-state index contributed by atoms with van der Waals surface area (Å²) in [5, 5.41) is 11.6. The molecule has 0 radical (unpaired) electrons.